The standard InChI is InChI=1S/C9H17NO5/c1-9(2)14-6-7(15-9)5-10-8(12)13-4-3-11/h7,11H,3-6H2,1-2H3,(H,10,12). The molecule has 1 aliphatic rings. The van der Waals surface area contributed by atoms with Crippen LogP contribution in [0.5, 0.6) is 0 Å². The first-order valence-electron chi connectivity index (χ1n) is 4.87. The van der Waals surface area contributed by atoms with Crippen molar-refractivity contribution in [3.8, 4) is 0 Å². The van der Waals surface area contributed by atoms with Gasteiger partial charge in [-0.3, -0.25) is 0 Å². The van der Waals surface area contributed by atoms with Crippen molar-refractivity contribution in [3.05, 3.63) is 0 Å². The summed E-state index contributed by atoms with van der Waals surface area (Å²) < 4.78 is 15.4. The van der Waals surface area contributed by atoms with E-state index in [0.717, 1.165) is 0 Å². The van der Waals surface area contributed by atoms with E-state index in [1.54, 1.807) is 0 Å². The first kappa shape index (κ1) is 12.2. The maximum atomic E-state index is 11.0. The molecular formula is C9H17NO5. The zero-order chi connectivity index (χ0) is 11.3. The van der Waals surface area contributed by atoms with Crippen LogP contribution in [0.3, 0.4) is 0 Å². The number of nitrogens with one attached hydrogen (secondary N) is 1. The van der Waals surface area contributed by atoms with E-state index in [1.165, 1.54) is 0 Å². The van der Waals surface area contributed by atoms with Crippen LogP contribution < -0.4 is 5.32 Å². The molecular weight excluding hydrogens is 202 g/mol. The molecule has 0 aromatic rings. The summed E-state index contributed by atoms with van der Waals surface area (Å²) in [6.45, 7) is 4.25. The van der Waals surface area contributed by atoms with Gasteiger partial charge in [-0.2, -0.15) is 0 Å². The first-order chi connectivity index (χ1) is 7.03. The van der Waals surface area contributed by atoms with Gasteiger partial charge < -0.3 is 24.6 Å². The molecule has 15 heavy (non-hydrogen) atoms. The second-order valence-electron chi connectivity index (χ2n) is 3.69. The summed E-state index contributed by atoms with van der Waals surface area (Å²) in [6.07, 6.45) is -0.709. The van der Waals surface area contributed by atoms with Crippen molar-refractivity contribution in [1.82, 2.24) is 5.32 Å². The van der Waals surface area contributed by atoms with Gasteiger partial charge in [-0.05, 0) is 13.8 Å². The molecule has 1 unspecified atom stereocenters. The van der Waals surface area contributed by atoms with Crippen LogP contribution in [0.15, 0.2) is 0 Å². The normalized spacial score (nSPS) is 23.8. The van der Waals surface area contributed by atoms with Crippen LogP contribution in [-0.4, -0.2) is 49.5 Å². The lowest BCUT2D eigenvalue weighted by atomic mass is 10.4. The highest BCUT2D eigenvalue weighted by Crippen LogP contribution is 2.21. The number of aliphatic hydroxyl groups excluding tert-OH is 1. The fraction of sp³-hybridized carbons (Fsp3) is 0.889. The number of carbonyl (C=O) groups excluding carboxylic acids is 1. The molecule has 0 aromatic heterocycles. The van der Waals surface area contributed by atoms with E-state index in [0.29, 0.717) is 13.2 Å². The predicted molar refractivity (Wildman–Crippen MR) is 51.3 cm³/mol. The third-order valence-corrected chi connectivity index (χ3v) is 1.87. The number of aliphatic hydroxyl groups is 1. The summed E-state index contributed by atoms with van der Waals surface area (Å²) in [5.74, 6) is -0.582. The van der Waals surface area contributed by atoms with Crippen molar-refractivity contribution >= 4 is 6.09 Å². The highest BCUT2D eigenvalue weighted by Gasteiger charge is 2.32. The molecule has 0 spiro atoms. The van der Waals surface area contributed by atoms with Crippen LogP contribution in [0, 0.1) is 0 Å². The van der Waals surface area contributed by atoms with Gasteiger partial charge in [0, 0.05) is 6.54 Å². The monoisotopic (exact) mass is 219 g/mol. The van der Waals surface area contributed by atoms with Crippen molar-refractivity contribution < 1.29 is 24.1 Å². The average molecular weight is 219 g/mol. The fourth-order valence-corrected chi connectivity index (χ4v) is 1.25. The van der Waals surface area contributed by atoms with Crippen molar-refractivity contribution in [2.45, 2.75) is 25.7 Å². The smallest absolute Gasteiger partial charge is 0.407 e. The lowest BCUT2D eigenvalue weighted by Gasteiger charge is -2.17. The Morgan fingerprint density at radius 3 is 2.93 bits per heavy atom. The van der Waals surface area contributed by atoms with Gasteiger partial charge in [0.05, 0.1) is 13.2 Å². The molecule has 6 nitrogen and oxygen atoms in total. The zero-order valence-corrected chi connectivity index (χ0v) is 8.99. The number of hydrogen-bond donors (Lipinski definition) is 2. The Hall–Kier alpha value is -0.850. The van der Waals surface area contributed by atoms with Gasteiger partial charge >= 0.3 is 6.09 Å². The maximum Gasteiger partial charge on any atom is 0.407 e. The summed E-state index contributed by atoms with van der Waals surface area (Å²) in [5.41, 5.74) is 0. The Balaban J connectivity index is 2.13. The molecule has 0 aromatic carbocycles. The van der Waals surface area contributed by atoms with Crippen molar-refractivity contribution in [1.29, 1.82) is 0 Å². The summed E-state index contributed by atoms with van der Waals surface area (Å²) in [4.78, 5) is 11.0. The van der Waals surface area contributed by atoms with Crippen LogP contribution in [-0.2, 0) is 14.2 Å². The molecule has 0 radical (unpaired) electrons. The highest BCUT2D eigenvalue weighted by molar-refractivity contribution is 5.67. The highest BCUT2D eigenvalue weighted by atomic mass is 16.7. The van der Waals surface area contributed by atoms with Crippen LogP contribution in [0.2, 0.25) is 0 Å². The average Bonchev–Trinajstić information content (AvgIpc) is 2.52. The predicted octanol–water partition coefficient (Wildman–Crippen LogP) is -0.144. The topological polar surface area (TPSA) is 77.0 Å². The minimum absolute atomic E-state index is 0.000645. The van der Waals surface area contributed by atoms with E-state index >= 15 is 0 Å². The van der Waals surface area contributed by atoms with E-state index in [-0.39, 0.29) is 19.3 Å². The zero-order valence-electron chi connectivity index (χ0n) is 8.99. The largest absolute Gasteiger partial charge is 0.447 e. The Morgan fingerprint density at radius 2 is 2.40 bits per heavy atom. The number of hydrogen-bond acceptors (Lipinski definition) is 5. The number of rotatable bonds is 4. The molecule has 1 saturated heterocycles. The van der Waals surface area contributed by atoms with Gasteiger partial charge in [-0.15, -0.1) is 0 Å². The van der Waals surface area contributed by atoms with E-state index < -0.39 is 11.9 Å². The molecule has 1 atom stereocenters. The van der Waals surface area contributed by atoms with Crippen molar-refractivity contribution in [2.24, 2.45) is 0 Å². The second kappa shape index (κ2) is 5.29. The van der Waals surface area contributed by atoms with E-state index in [1.807, 2.05) is 13.8 Å². The quantitative estimate of drug-likeness (QED) is 0.688. The first-order valence-corrected chi connectivity index (χ1v) is 4.87. The minimum atomic E-state index is -0.582. The molecule has 0 saturated carbocycles. The van der Waals surface area contributed by atoms with Crippen LogP contribution >= 0.6 is 0 Å². The van der Waals surface area contributed by atoms with Gasteiger partial charge in [0.25, 0.3) is 0 Å². The lowest BCUT2D eigenvalue weighted by molar-refractivity contribution is -0.137. The maximum absolute atomic E-state index is 11.0. The number of alkyl carbamates (subject to hydrolysis) is 1. The number of amides is 1. The summed E-state index contributed by atoms with van der Waals surface area (Å²) in [5, 5.41) is 10.9. The van der Waals surface area contributed by atoms with Crippen molar-refractivity contribution in [2.75, 3.05) is 26.4 Å². The summed E-state index contributed by atoms with van der Waals surface area (Å²) >= 11 is 0. The molecule has 2 N–H and O–H groups in total. The Labute approximate surface area is 88.5 Å². The van der Waals surface area contributed by atoms with E-state index in [4.69, 9.17) is 14.6 Å². The SMILES string of the molecule is CC1(C)OCC(CNC(=O)OCCO)O1. The second-order valence-corrected chi connectivity index (χ2v) is 3.69. The van der Waals surface area contributed by atoms with Crippen LogP contribution in [0.25, 0.3) is 0 Å². The molecule has 6 heteroatoms. The fourth-order valence-electron chi connectivity index (χ4n) is 1.25. The molecule has 1 heterocycles. The molecule has 1 fully saturated rings. The Bertz CT molecular complexity index is 219. The van der Waals surface area contributed by atoms with E-state index in [9.17, 15) is 4.79 Å². The van der Waals surface area contributed by atoms with Gasteiger partial charge in [0.15, 0.2) is 5.79 Å². The third kappa shape index (κ3) is 4.46. The molecule has 1 rings (SSSR count). The summed E-state index contributed by atoms with van der Waals surface area (Å²) in [6, 6.07) is 0. The summed E-state index contributed by atoms with van der Waals surface area (Å²) in [7, 11) is 0. The molecule has 88 valence electrons. The van der Waals surface area contributed by atoms with Gasteiger partial charge in [-0.25, -0.2) is 4.79 Å². The molecule has 0 aliphatic carbocycles. The molecule has 0 bridgehead atoms. The van der Waals surface area contributed by atoms with Gasteiger partial charge in [-0.1, -0.05) is 0 Å². The third-order valence-electron chi connectivity index (χ3n) is 1.87. The van der Waals surface area contributed by atoms with Crippen LogP contribution in [0.1, 0.15) is 13.8 Å². The lowest BCUT2D eigenvalue weighted by Crippen LogP contribution is -2.35. The minimum Gasteiger partial charge on any atom is -0.447 e. The van der Waals surface area contributed by atoms with E-state index in [2.05, 4.69) is 10.1 Å². The Morgan fingerprint density at radius 1 is 1.67 bits per heavy atom. The number of ether oxygens (including phenoxy) is 3. The van der Waals surface area contributed by atoms with Gasteiger partial charge in [0.1, 0.15) is 12.7 Å². The van der Waals surface area contributed by atoms with Crippen LogP contribution in [0.4, 0.5) is 4.79 Å². The van der Waals surface area contributed by atoms with Crippen molar-refractivity contribution in [3.63, 3.8) is 0 Å². The Kier molecular flexibility index (Phi) is 4.31. The molecule has 1 amide bonds. The molecule has 1 aliphatic heterocycles. The number of carbonyl (C=O) groups is 1. The van der Waals surface area contributed by atoms with Gasteiger partial charge in [0.2, 0.25) is 0 Å².